The third kappa shape index (κ3) is 4.91. The molecule has 0 aliphatic rings. The van der Waals surface area contributed by atoms with Crippen LogP contribution in [-0.2, 0) is 0 Å². The second-order valence-electron chi connectivity index (χ2n) is 2.25. The van der Waals surface area contributed by atoms with Crippen molar-refractivity contribution in [1.29, 1.82) is 0 Å². The molecule has 56 valence electrons. The maximum absolute atomic E-state index is 3.42. The molecule has 0 atom stereocenters. The van der Waals surface area contributed by atoms with Gasteiger partial charge in [0.05, 0.1) is 19.6 Å². The van der Waals surface area contributed by atoms with E-state index in [2.05, 4.69) is 29.8 Å². The molecule has 0 aliphatic carbocycles. The number of hydrogen-bond donors (Lipinski definition) is 1. The Kier molecular flexibility index (Phi) is 6.88. The van der Waals surface area contributed by atoms with E-state index in [9.17, 15) is 0 Å². The van der Waals surface area contributed by atoms with Crippen molar-refractivity contribution in [3.63, 3.8) is 0 Å². The molecule has 0 spiro atoms. The van der Waals surface area contributed by atoms with Gasteiger partial charge < -0.3 is 4.90 Å². The molecule has 0 aliphatic heterocycles. The molecule has 0 aromatic carbocycles. The number of nitrogens with one attached hydrogen (secondary N) is 1. The van der Waals surface area contributed by atoms with Gasteiger partial charge >= 0.3 is 0 Å². The molecule has 0 fully saturated rings. The molecule has 9 heavy (non-hydrogen) atoms. The molecule has 0 aromatic rings. The van der Waals surface area contributed by atoms with Gasteiger partial charge in [0, 0.05) is 11.8 Å². The number of hydrogen-bond acceptors (Lipinski definition) is 0. The standard InChI is InChI=1S/C7H16BrN/c1-3-9(4-2)7-5-6-8/h3-7H2,1-2H3/p+1. The van der Waals surface area contributed by atoms with Crippen LogP contribution in [0, 0.1) is 0 Å². The van der Waals surface area contributed by atoms with Crippen LogP contribution in [0.5, 0.6) is 0 Å². The van der Waals surface area contributed by atoms with Crippen LogP contribution < -0.4 is 4.90 Å². The summed E-state index contributed by atoms with van der Waals surface area (Å²) in [5.74, 6) is 0. The Hall–Kier alpha value is 0.440. The Bertz CT molecular complexity index is 52.9. The Morgan fingerprint density at radius 2 is 1.78 bits per heavy atom. The summed E-state index contributed by atoms with van der Waals surface area (Å²) >= 11 is 3.42. The van der Waals surface area contributed by atoms with Crippen molar-refractivity contribution in [3.05, 3.63) is 0 Å². The summed E-state index contributed by atoms with van der Waals surface area (Å²) in [6.07, 6.45) is 1.30. The third-order valence-corrected chi connectivity index (χ3v) is 2.22. The van der Waals surface area contributed by atoms with E-state index >= 15 is 0 Å². The molecule has 1 N–H and O–H groups in total. The summed E-state index contributed by atoms with van der Waals surface area (Å²) in [6, 6.07) is 0. The van der Waals surface area contributed by atoms with Crippen LogP contribution in [0.3, 0.4) is 0 Å². The minimum Gasteiger partial charge on any atom is -0.335 e. The van der Waals surface area contributed by atoms with Crippen LogP contribution in [0.15, 0.2) is 0 Å². The van der Waals surface area contributed by atoms with E-state index in [-0.39, 0.29) is 0 Å². The lowest BCUT2D eigenvalue weighted by Gasteiger charge is -2.13. The van der Waals surface area contributed by atoms with Crippen LogP contribution in [0.4, 0.5) is 0 Å². The van der Waals surface area contributed by atoms with Gasteiger partial charge in [-0.05, 0) is 13.8 Å². The Morgan fingerprint density at radius 1 is 1.22 bits per heavy atom. The van der Waals surface area contributed by atoms with Gasteiger partial charge in [0.2, 0.25) is 0 Å². The van der Waals surface area contributed by atoms with E-state index in [1.807, 2.05) is 0 Å². The molecule has 0 amide bonds. The lowest BCUT2D eigenvalue weighted by molar-refractivity contribution is -0.896. The van der Waals surface area contributed by atoms with Gasteiger partial charge in [-0.3, -0.25) is 0 Å². The quantitative estimate of drug-likeness (QED) is 0.616. The van der Waals surface area contributed by atoms with Crippen LogP contribution >= 0.6 is 15.9 Å². The number of rotatable bonds is 5. The average molecular weight is 195 g/mol. The highest BCUT2D eigenvalue weighted by Gasteiger charge is 1.98. The molecule has 0 bridgehead atoms. The van der Waals surface area contributed by atoms with Crippen molar-refractivity contribution in [3.8, 4) is 0 Å². The van der Waals surface area contributed by atoms with Gasteiger partial charge in [-0.2, -0.15) is 0 Å². The van der Waals surface area contributed by atoms with Crippen LogP contribution in [0.1, 0.15) is 20.3 Å². The van der Waals surface area contributed by atoms with E-state index < -0.39 is 0 Å². The SMILES string of the molecule is CC[NH+](CC)CCCBr. The zero-order valence-corrected chi connectivity index (χ0v) is 8.00. The van der Waals surface area contributed by atoms with Gasteiger partial charge in [-0.25, -0.2) is 0 Å². The molecule has 0 saturated carbocycles. The highest BCUT2D eigenvalue weighted by atomic mass is 79.9. The third-order valence-electron chi connectivity index (χ3n) is 1.66. The average Bonchev–Trinajstić information content (AvgIpc) is 1.91. The summed E-state index contributed by atoms with van der Waals surface area (Å²) in [7, 11) is 0. The molecule has 0 radical (unpaired) electrons. The molecule has 2 heteroatoms. The fraction of sp³-hybridized carbons (Fsp3) is 1.00. The largest absolute Gasteiger partial charge is 0.335 e. The van der Waals surface area contributed by atoms with Gasteiger partial charge in [0.1, 0.15) is 0 Å². The lowest BCUT2D eigenvalue weighted by Crippen LogP contribution is -3.11. The van der Waals surface area contributed by atoms with Crippen molar-refractivity contribution in [1.82, 2.24) is 0 Å². The van der Waals surface area contributed by atoms with Crippen LogP contribution in [0.2, 0.25) is 0 Å². The second kappa shape index (κ2) is 6.56. The van der Waals surface area contributed by atoms with Crippen molar-refractivity contribution in [2.75, 3.05) is 25.0 Å². The van der Waals surface area contributed by atoms with Crippen LogP contribution in [-0.4, -0.2) is 25.0 Å². The van der Waals surface area contributed by atoms with Gasteiger partial charge in [0.25, 0.3) is 0 Å². The van der Waals surface area contributed by atoms with E-state index in [0.29, 0.717) is 0 Å². The zero-order valence-electron chi connectivity index (χ0n) is 6.41. The number of alkyl halides is 1. The fourth-order valence-corrected chi connectivity index (χ4v) is 1.20. The summed E-state index contributed by atoms with van der Waals surface area (Å²) in [4.78, 5) is 1.70. The van der Waals surface area contributed by atoms with Gasteiger partial charge in [0.15, 0.2) is 0 Å². The fourth-order valence-electron chi connectivity index (χ4n) is 0.920. The summed E-state index contributed by atoms with van der Waals surface area (Å²) < 4.78 is 0. The van der Waals surface area contributed by atoms with E-state index in [1.165, 1.54) is 26.1 Å². The highest BCUT2D eigenvalue weighted by Crippen LogP contribution is 1.81. The molecule has 1 nitrogen and oxygen atoms in total. The second-order valence-corrected chi connectivity index (χ2v) is 3.04. The number of halogens is 1. The minimum atomic E-state index is 1.15. The molecular formula is C7H17BrN+. The van der Waals surface area contributed by atoms with E-state index in [0.717, 1.165) is 5.33 Å². The van der Waals surface area contributed by atoms with Crippen molar-refractivity contribution in [2.24, 2.45) is 0 Å². The number of quaternary nitrogens is 1. The van der Waals surface area contributed by atoms with E-state index in [4.69, 9.17) is 0 Å². The first kappa shape index (κ1) is 9.44. The highest BCUT2D eigenvalue weighted by molar-refractivity contribution is 9.09. The smallest absolute Gasteiger partial charge is 0.0778 e. The maximum atomic E-state index is 3.42. The molecule has 0 rings (SSSR count). The van der Waals surface area contributed by atoms with Crippen molar-refractivity contribution < 1.29 is 4.90 Å². The van der Waals surface area contributed by atoms with Gasteiger partial charge in [-0.15, -0.1) is 0 Å². The first-order valence-electron chi connectivity index (χ1n) is 3.74. The summed E-state index contributed by atoms with van der Waals surface area (Å²) in [5.41, 5.74) is 0. The lowest BCUT2D eigenvalue weighted by atomic mass is 10.4. The monoisotopic (exact) mass is 194 g/mol. The predicted molar refractivity (Wildman–Crippen MR) is 45.3 cm³/mol. The maximum Gasteiger partial charge on any atom is 0.0778 e. The summed E-state index contributed by atoms with van der Waals surface area (Å²) in [5, 5.41) is 1.15. The topological polar surface area (TPSA) is 4.44 Å². The van der Waals surface area contributed by atoms with Gasteiger partial charge in [-0.1, -0.05) is 15.9 Å². The molecule has 0 heterocycles. The Labute approximate surface area is 66.6 Å². The first-order valence-corrected chi connectivity index (χ1v) is 4.86. The normalized spacial score (nSPS) is 10.7. The molecule has 0 saturated heterocycles. The van der Waals surface area contributed by atoms with E-state index in [1.54, 1.807) is 4.90 Å². The molecule has 0 aromatic heterocycles. The predicted octanol–water partition coefficient (Wildman–Crippen LogP) is 0.696. The Balaban J connectivity index is 3.09. The Morgan fingerprint density at radius 3 is 2.11 bits per heavy atom. The van der Waals surface area contributed by atoms with Crippen LogP contribution in [0.25, 0.3) is 0 Å². The van der Waals surface area contributed by atoms with Crippen molar-refractivity contribution >= 4 is 15.9 Å². The molecular weight excluding hydrogens is 178 g/mol. The summed E-state index contributed by atoms with van der Waals surface area (Å²) in [6.45, 7) is 8.34. The molecule has 0 unspecified atom stereocenters. The van der Waals surface area contributed by atoms with Crippen molar-refractivity contribution in [2.45, 2.75) is 20.3 Å². The zero-order chi connectivity index (χ0) is 7.11. The first-order chi connectivity index (χ1) is 4.35. The minimum absolute atomic E-state index is 1.15.